The number of rotatable bonds is 4. The molecule has 1 unspecified atom stereocenters. The molecule has 1 aliphatic rings. The fraction of sp³-hybridized carbons (Fsp3) is 0.455. The molecule has 1 aromatic carbocycles. The standard InChI is InChI=1S/C22H28N2O3/c1-22(2,3)24-12-10-19(15-24)20(25)23-11-9-17(14-23)13-16-5-7-18(8-6-16)21(26)27-4/h5-8,10,12,15,17H,9,11,13-14H2,1-4H3. The minimum atomic E-state index is -0.318. The van der Waals surface area contributed by atoms with Crippen LogP contribution in [-0.4, -0.2) is 41.5 Å². The normalized spacial score (nSPS) is 17.2. The van der Waals surface area contributed by atoms with E-state index in [2.05, 4.69) is 25.3 Å². The first-order chi connectivity index (χ1) is 12.8. The van der Waals surface area contributed by atoms with Crippen LogP contribution in [0.1, 0.15) is 53.5 Å². The third-order valence-electron chi connectivity index (χ3n) is 5.19. The van der Waals surface area contributed by atoms with E-state index in [9.17, 15) is 9.59 Å². The number of hydrogen-bond donors (Lipinski definition) is 0. The first kappa shape index (κ1) is 19.2. The maximum Gasteiger partial charge on any atom is 0.337 e. The summed E-state index contributed by atoms with van der Waals surface area (Å²) in [5.41, 5.74) is 2.48. The quantitative estimate of drug-likeness (QED) is 0.773. The SMILES string of the molecule is COC(=O)c1ccc(CC2CCN(C(=O)c3ccn(C(C)(C)C)c3)C2)cc1. The van der Waals surface area contributed by atoms with Gasteiger partial charge in [0.1, 0.15) is 0 Å². The number of methoxy groups -OCH3 is 1. The molecule has 1 aliphatic heterocycles. The molecule has 5 heteroatoms. The van der Waals surface area contributed by atoms with Gasteiger partial charge in [0.05, 0.1) is 18.2 Å². The molecule has 1 aromatic heterocycles. The topological polar surface area (TPSA) is 51.5 Å². The van der Waals surface area contributed by atoms with Crippen LogP contribution >= 0.6 is 0 Å². The Hall–Kier alpha value is -2.56. The van der Waals surface area contributed by atoms with E-state index in [1.165, 1.54) is 12.7 Å². The number of nitrogens with zero attached hydrogens (tertiary/aromatic N) is 2. The largest absolute Gasteiger partial charge is 0.465 e. The number of amides is 1. The van der Waals surface area contributed by atoms with Crippen molar-refractivity contribution in [3.63, 3.8) is 0 Å². The number of carbonyl (C=O) groups excluding carboxylic acids is 2. The second-order valence-corrected chi connectivity index (χ2v) is 8.28. The highest BCUT2D eigenvalue weighted by molar-refractivity contribution is 5.94. The molecule has 1 amide bonds. The van der Waals surface area contributed by atoms with Gasteiger partial charge in [-0.05, 0) is 63.3 Å². The Balaban J connectivity index is 1.59. The van der Waals surface area contributed by atoms with Crippen LogP contribution < -0.4 is 0 Å². The van der Waals surface area contributed by atoms with Gasteiger partial charge >= 0.3 is 5.97 Å². The lowest BCUT2D eigenvalue weighted by molar-refractivity contribution is 0.0600. The van der Waals surface area contributed by atoms with Crippen LogP contribution in [0.3, 0.4) is 0 Å². The predicted molar refractivity (Wildman–Crippen MR) is 105 cm³/mol. The number of benzene rings is 1. The maximum atomic E-state index is 12.8. The van der Waals surface area contributed by atoms with Gasteiger partial charge in [-0.2, -0.15) is 0 Å². The highest BCUT2D eigenvalue weighted by Gasteiger charge is 2.28. The molecule has 2 heterocycles. The summed E-state index contributed by atoms with van der Waals surface area (Å²) >= 11 is 0. The third-order valence-corrected chi connectivity index (χ3v) is 5.19. The van der Waals surface area contributed by atoms with E-state index in [1.807, 2.05) is 35.5 Å². The maximum absolute atomic E-state index is 12.8. The van der Waals surface area contributed by atoms with Crippen LogP contribution in [0.25, 0.3) is 0 Å². The lowest BCUT2D eigenvalue weighted by Crippen LogP contribution is -2.29. The van der Waals surface area contributed by atoms with Gasteiger partial charge in [-0.25, -0.2) is 4.79 Å². The van der Waals surface area contributed by atoms with Gasteiger partial charge < -0.3 is 14.2 Å². The second kappa shape index (κ2) is 7.59. The monoisotopic (exact) mass is 368 g/mol. The summed E-state index contributed by atoms with van der Waals surface area (Å²) in [6.07, 6.45) is 5.84. The van der Waals surface area contributed by atoms with Crippen molar-refractivity contribution >= 4 is 11.9 Å². The van der Waals surface area contributed by atoms with Crippen molar-refractivity contribution in [3.8, 4) is 0 Å². The molecule has 3 rings (SSSR count). The number of hydrogen-bond acceptors (Lipinski definition) is 3. The minimum Gasteiger partial charge on any atom is -0.465 e. The average molecular weight is 368 g/mol. The Kier molecular flexibility index (Phi) is 5.40. The van der Waals surface area contributed by atoms with Crippen molar-refractivity contribution in [1.29, 1.82) is 0 Å². The molecule has 1 fully saturated rings. The van der Waals surface area contributed by atoms with E-state index in [1.54, 1.807) is 12.1 Å². The predicted octanol–water partition coefficient (Wildman–Crippen LogP) is 3.73. The van der Waals surface area contributed by atoms with Crippen LogP contribution in [0.15, 0.2) is 42.7 Å². The molecule has 0 bridgehead atoms. The first-order valence-electron chi connectivity index (χ1n) is 9.43. The smallest absolute Gasteiger partial charge is 0.337 e. The summed E-state index contributed by atoms with van der Waals surface area (Å²) in [4.78, 5) is 26.3. The molecular weight excluding hydrogens is 340 g/mol. The van der Waals surface area contributed by atoms with Crippen LogP contribution in [-0.2, 0) is 16.7 Å². The summed E-state index contributed by atoms with van der Waals surface area (Å²) in [6.45, 7) is 7.94. The minimum absolute atomic E-state index is 0.0254. The van der Waals surface area contributed by atoms with E-state index < -0.39 is 0 Å². The van der Waals surface area contributed by atoms with Crippen LogP contribution in [0.2, 0.25) is 0 Å². The van der Waals surface area contributed by atoms with Crippen molar-refractivity contribution in [2.45, 2.75) is 39.2 Å². The fourth-order valence-corrected chi connectivity index (χ4v) is 3.53. The molecule has 1 saturated heterocycles. The van der Waals surface area contributed by atoms with E-state index in [0.717, 1.165) is 31.5 Å². The van der Waals surface area contributed by atoms with E-state index in [0.29, 0.717) is 11.5 Å². The van der Waals surface area contributed by atoms with Gasteiger partial charge in [-0.15, -0.1) is 0 Å². The highest BCUT2D eigenvalue weighted by atomic mass is 16.5. The Labute approximate surface area is 160 Å². The number of carbonyl (C=O) groups is 2. The zero-order valence-corrected chi connectivity index (χ0v) is 16.6. The zero-order valence-electron chi connectivity index (χ0n) is 16.6. The Bertz CT molecular complexity index is 815. The number of aromatic nitrogens is 1. The van der Waals surface area contributed by atoms with Gasteiger partial charge in [-0.3, -0.25) is 4.79 Å². The molecule has 144 valence electrons. The van der Waals surface area contributed by atoms with Gasteiger partial charge in [0.25, 0.3) is 5.91 Å². The lowest BCUT2D eigenvalue weighted by Gasteiger charge is -2.21. The molecular formula is C22H28N2O3. The lowest BCUT2D eigenvalue weighted by atomic mass is 9.98. The highest BCUT2D eigenvalue weighted by Crippen LogP contribution is 2.24. The van der Waals surface area contributed by atoms with Crippen molar-refractivity contribution in [1.82, 2.24) is 9.47 Å². The summed E-state index contributed by atoms with van der Waals surface area (Å²) < 4.78 is 6.81. The molecule has 5 nitrogen and oxygen atoms in total. The molecule has 0 saturated carbocycles. The molecule has 0 N–H and O–H groups in total. The average Bonchev–Trinajstić information content (AvgIpc) is 3.30. The number of ether oxygens (including phenoxy) is 1. The van der Waals surface area contributed by atoms with Gasteiger partial charge in [-0.1, -0.05) is 12.1 Å². The fourth-order valence-electron chi connectivity index (χ4n) is 3.53. The molecule has 0 aliphatic carbocycles. The van der Waals surface area contributed by atoms with Crippen molar-refractivity contribution in [2.75, 3.05) is 20.2 Å². The van der Waals surface area contributed by atoms with E-state index in [-0.39, 0.29) is 17.4 Å². The number of likely N-dealkylation sites (tertiary alicyclic amines) is 1. The van der Waals surface area contributed by atoms with Crippen molar-refractivity contribution in [3.05, 3.63) is 59.4 Å². The Morgan fingerprint density at radius 2 is 1.81 bits per heavy atom. The summed E-state index contributed by atoms with van der Waals surface area (Å²) in [7, 11) is 1.38. The summed E-state index contributed by atoms with van der Waals surface area (Å²) in [5.74, 6) is 0.241. The van der Waals surface area contributed by atoms with Crippen LogP contribution in [0.5, 0.6) is 0 Å². The van der Waals surface area contributed by atoms with Crippen LogP contribution in [0, 0.1) is 5.92 Å². The van der Waals surface area contributed by atoms with Crippen molar-refractivity contribution < 1.29 is 14.3 Å². The number of esters is 1. The van der Waals surface area contributed by atoms with Crippen molar-refractivity contribution in [2.24, 2.45) is 5.92 Å². The van der Waals surface area contributed by atoms with E-state index in [4.69, 9.17) is 4.74 Å². The summed E-state index contributed by atoms with van der Waals surface area (Å²) in [5, 5.41) is 0. The van der Waals surface area contributed by atoms with Gasteiger partial charge in [0, 0.05) is 31.0 Å². The molecule has 0 radical (unpaired) electrons. The molecule has 2 aromatic rings. The van der Waals surface area contributed by atoms with Crippen LogP contribution in [0.4, 0.5) is 0 Å². The van der Waals surface area contributed by atoms with E-state index >= 15 is 0 Å². The summed E-state index contributed by atoms with van der Waals surface area (Å²) in [6, 6.07) is 9.45. The Morgan fingerprint density at radius 3 is 2.41 bits per heavy atom. The van der Waals surface area contributed by atoms with Gasteiger partial charge in [0.15, 0.2) is 0 Å². The zero-order chi connectivity index (χ0) is 19.6. The Morgan fingerprint density at radius 1 is 1.11 bits per heavy atom. The second-order valence-electron chi connectivity index (χ2n) is 8.28. The first-order valence-corrected chi connectivity index (χ1v) is 9.43. The molecule has 0 spiro atoms. The molecule has 27 heavy (non-hydrogen) atoms. The van der Waals surface area contributed by atoms with Gasteiger partial charge in [0.2, 0.25) is 0 Å². The third kappa shape index (κ3) is 4.41. The molecule has 1 atom stereocenters.